The Labute approximate surface area is 82.5 Å². The first-order valence-corrected chi connectivity index (χ1v) is 4.55. The summed E-state index contributed by atoms with van der Waals surface area (Å²) in [7, 11) is 0. The van der Waals surface area contributed by atoms with Gasteiger partial charge in [0.05, 0.1) is 0 Å². The summed E-state index contributed by atoms with van der Waals surface area (Å²) in [6.07, 6.45) is 1.05. The minimum Gasteiger partial charge on any atom is -0.502 e. The number of aryl methyl sites for hydroxylation is 2. The molecule has 0 spiro atoms. The van der Waals surface area contributed by atoms with Crippen molar-refractivity contribution in [3.63, 3.8) is 0 Å². The van der Waals surface area contributed by atoms with E-state index in [4.69, 9.17) is 9.15 Å². The number of furan rings is 1. The molecule has 4 nitrogen and oxygen atoms in total. The smallest absolute Gasteiger partial charge is 0.311 e. The standard InChI is InChI=1S/C10H14O4/c1-4-5-8(11)14-10-7(3)13-6(2)9(10)12/h12H,4-5H2,1-3H3. The molecule has 1 N–H and O–H groups in total. The highest BCUT2D eigenvalue weighted by Crippen LogP contribution is 2.35. The van der Waals surface area contributed by atoms with Gasteiger partial charge in [-0.25, -0.2) is 0 Å². The molecule has 1 aromatic heterocycles. The predicted molar refractivity (Wildman–Crippen MR) is 50.4 cm³/mol. The zero-order valence-electron chi connectivity index (χ0n) is 8.59. The monoisotopic (exact) mass is 198 g/mol. The van der Waals surface area contributed by atoms with Crippen LogP contribution in [0.5, 0.6) is 11.5 Å². The van der Waals surface area contributed by atoms with Crippen LogP contribution in [0.3, 0.4) is 0 Å². The van der Waals surface area contributed by atoms with Crippen molar-refractivity contribution < 1.29 is 19.1 Å². The van der Waals surface area contributed by atoms with Crippen molar-refractivity contribution in [1.82, 2.24) is 0 Å². The zero-order chi connectivity index (χ0) is 10.7. The second-order valence-electron chi connectivity index (χ2n) is 3.12. The predicted octanol–water partition coefficient (Wildman–Crippen LogP) is 2.31. The molecule has 1 rings (SSSR count). The number of carbonyl (C=O) groups excluding carboxylic acids is 1. The number of rotatable bonds is 3. The average molecular weight is 198 g/mol. The molecular formula is C10H14O4. The summed E-state index contributed by atoms with van der Waals surface area (Å²) in [6, 6.07) is 0. The number of ether oxygens (including phenoxy) is 1. The van der Waals surface area contributed by atoms with Gasteiger partial charge in [0.2, 0.25) is 11.5 Å². The molecule has 4 heteroatoms. The maximum absolute atomic E-state index is 11.2. The van der Waals surface area contributed by atoms with Crippen LogP contribution in [0.1, 0.15) is 31.3 Å². The number of carbonyl (C=O) groups is 1. The number of hydrogen-bond acceptors (Lipinski definition) is 4. The van der Waals surface area contributed by atoms with E-state index in [9.17, 15) is 9.90 Å². The fourth-order valence-electron chi connectivity index (χ4n) is 1.14. The van der Waals surface area contributed by atoms with Crippen LogP contribution in [-0.2, 0) is 4.79 Å². The quantitative estimate of drug-likeness (QED) is 0.757. The second-order valence-corrected chi connectivity index (χ2v) is 3.12. The summed E-state index contributed by atoms with van der Waals surface area (Å²) in [6.45, 7) is 5.13. The van der Waals surface area contributed by atoms with Crippen molar-refractivity contribution >= 4 is 5.97 Å². The van der Waals surface area contributed by atoms with Gasteiger partial charge in [-0.1, -0.05) is 6.92 Å². The molecular weight excluding hydrogens is 184 g/mol. The summed E-state index contributed by atoms with van der Waals surface area (Å²) in [5.74, 6) is 0.478. The van der Waals surface area contributed by atoms with Gasteiger partial charge >= 0.3 is 5.97 Å². The van der Waals surface area contributed by atoms with E-state index in [-0.39, 0.29) is 17.5 Å². The fraction of sp³-hybridized carbons (Fsp3) is 0.500. The minimum atomic E-state index is -0.355. The molecule has 0 aliphatic rings. The molecule has 0 unspecified atom stereocenters. The number of esters is 1. The first-order valence-electron chi connectivity index (χ1n) is 4.55. The first kappa shape index (κ1) is 10.6. The largest absolute Gasteiger partial charge is 0.502 e. The molecule has 0 radical (unpaired) electrons. The SMILES string of the molecule is CCCC(=O)Oc1c(C)oc(C)c1O. The summed E-state index contributed by atoms with van der Waals surface area (Å²) >= 11 is 0. The average Bonchev–Trinajstić information content (AvgIpc) is 2.33. The van der Waals surface area contributed by atoms with E-state index in [1.807, 2.05) is 6.92 Å². The summed E-state index contributed by atoms with van der Waals surface area (Å²) < 4.78 is 10.1. The van der Waals surface area contributed by atoms with E-state index in [2.05, 4.69) is 0 Å². The van der Waals surface area contributed by atoms with Gasteiger partial charge in [0.25, 0.3) is 0 Å². The summed E-state index contributed by atoms with van der Waals surface area (Å²) in [4.78, 5) is 11.2. The lowest BCUT2D eigenvalue weighted by Gasteiger charge is -2.01. The van der Waals surface area contributed by atoms with E-state index in [0.29, 0.717) is 17.9 Å². The van der Waals surface area contributed by atoms with Gasteiger partial charge < -0.3 is 14.3 Å². The van der Waals surface area contributed by atoms with Crippen LogP contribution in [0.15, 0.2) is 4.42 Å². The van der Waals surface area contributed by atoms with E-state index in [1.54, 1.807) is 13.8 Å². The Bertz CT molecular complexity index is 338. The van der Waals surface area contributed by atoms with Gasteiger partial charge in [0.15, 0.2) is 0 Å². The molecule has 78 valence electrons. The van der Waals surface area contributed by atoms with Crippen molar-refractivity contribution in [2.24, 2.45) is 0 Å². The topological polar surface area (TPSA) is 59.7 Å². The normalized spacial score (nSPS) is 10.2. The lowest BCUT2D eigenvalue weighted by atomic mass is 10.3. The first-order chi connectivity index (χ1) is 6.56. The van der Waals surface area contributed by atoms with Gasteiger partial charge in [-0.05, 0) is 20.3 Å². The van der Waals surface area contributed by atoms with E-state index in [1.165, 1.54) is 0 Å². The van der Waals surface area contributed by atoms with Crippen LogP contribution in [0.25, 0.3) is 0 Å². The molecule has 0 bridgehead atoms. The lowest BCUT2D eigenvalue weighted by Crippen LogP contribution is -2.07. The van der Waals surface area contributed by atoms with Gasteiger partial charge in [0.1, 0.15) is 11.5 Å². The van der Waals surface area contributed by atoms with Crippen LogP contribution in [-0.4, -0.2) is 11.1 Å². The van der Waals surface area contributed by atoms with E-state index < -0.39 is 0 Å². The number of hydrogen-bond donors (Lipinski definition) is 1. The highest BCUT2D eigenvalue weighted by atomic mass is 16.6. The van der Waals surface area contributed by atoms with Crippen LogP contribution in [0.2, 0.25) is 0 Å². The second kappa shape index (κ2) is 4.17. The third kappa shape index (κ3) is 2.07. The van der Waals surface area contributed by atoms with Crippen molar-refractivity contribution in [3.05, 3.63) is 11.5 Å². The molecule has 0 fully saturated rings. The van der Waals surface area contributed by atoms with E-state index >= 15 is 0 Å². The van der Waals surface area contributed by atoms with Crippen LogP contribution < -0.4 is 4.74 Å². The van der Waals surface area contributed by atoms with Gasteiger partial charge in [-0.3, -0.25) is 4.79 Å². The van der Waals surface area contributed by atoms with Gasteiger partial charge in [0, 0.05) is 6.42 Å². The Morgan fingerprint density at radius 1 is 1.43 bits per heavy atom. The molecule has 0 aromatic carbocycles. The molecule has 0 aliphatic carbocycles. The van der Waals surface area contributed by atoms with Crippen molar-refractivity contribution in [2.45, 2.75) is 33.6 Å². The number of aromatic hydroxyl groups is 1. The summed E-state index contributed by atoms with van der Waals surface area (Å²) in [5.41, 5.74) is 0. The van der Waals surface area contributed by atoms with E-state index in [0.717, 1.165) is 6.42 Å². The zero-order valence-corrected chi connectivity index (χ0v) is 8.59. The van der Waals surface area contributed by atoms with Crippen LogP contribution >= 0.6 is 0 Å². The Morgan fingerprint density at radius 3 is 2.50 bits per heavy atom. The highest BCUT2D eigenvalue weighted by molar-refractivity contribution is 5.73. The van der Waals surface area contributed by atoms with Crippen molar-refractivity contribution in [3.8, 4) is 11.5 Å². The van der Waals surface area contributed by atoms with Gasteiger partial charge in [-0.15, -0.1) is 0 Å². The Kier molecular flexibility index (Phi) is 3.17. The fourth-order valence-corrected chi connectivity index (χ4v) is 1.14. The highest BCUT2D eigenvalue weighted by Gasteiger charge is 2.18. The van der Waals surface area contributed by atoms with Crippen LogP contribution in [0, 0.1) is 13.8 Å². The third-order valence-corrected chi connectivity index (χ3v) is 1.84. The third-order valence-electron chi connectivity index (χ3n) is 1.84. The van der Waals surface area contributed by atoms with Crippen LogP contribution in [0.4, 0.5) is 0 Å². The van der Waals surface area contributed by atoms with Gasteiger partial charge in [-0.2, -0.15) is 0 Å². The molecule has 0 amide bonds. The summed E-state index contributed by atoms with van der Waals surface area (Å²) in [5, 5.41) is 9.46. The maximum atomic E-state index is 11.2. The lowest BCUT2D eigenvalue weighted by molar-refractivity contribution is -0.134. The molecule has 1 heterocycles. The Balaban J connectivity index is 2.81. The van der Waals surface area contributed by atoms with Crippen molar-refractivity contribution in [2.75, 3.05) is 0 Å². The molecule has 14 heavy (non-hydrogen) atoms. The van der Waals surface area contributed by atoms with Crippen molar-refractivity contribution in [1.29, 1.82) is 0 Å². The maximum Gasteiger partial charge on any atom is 0.311 e. The molecule has 0 atom stereocenters. The molecule has 0 saturated carbocycles. The Morgan fingerprint density at radius 2 is 2.07 bits per heavy atom. The molecule has 0 aliphatic heterocycles. The minimum absolute atomic E-state index is 0.0908. The molecule has 0 saturated heterocycles. The Hall–Kier alpha value is -1.45. The molecule has 1 aromatic rings.